The largest absolute Gasteiger partial charge is 0.452 e. The molecule has 1 heterocycles. The van der Waals surface area contributed by atoms with Crippen molar-refractivity contribution in [1.82, 2.24) is 0 Å². The molecule has 0 aromatic heterocycles. The highest BCUT2D eigenvalue weighted by atomic mass is 32.2. The number of ether oxygens (including phenoxy) is 1. The van der Waals surface area contributed by atoms with Crippen molar-refractivity contribution in [2.45, 2.75) is 30.9 Å². The van der Waals surface area contributed by atoms with E-state index >= 15 is 0 Å². The van der Waals surface area contributed by atoms with Crippen molar-refractivity contribution in [3.63, 3.8) is 0 Å². The number of carbonyl (C=O) groups excluding carboxylic acids is 3. The standard InChI is InChI=1S/C20H20N2O4S/c1-11-5-4-6-12(2)18(11)22-17(23)10-26-20(25)14-7-8-16-15(9-14)21-19(24)13(3)27-16/h4-9,13H,10H2,1-3H3,(H,21,24)(H,22,23)/t13-/m1/s1. The van der Waals surface area contributed by atoms with Crippen molar-refractivity contribution in [3.8, 4) is 0 Å². The Morgan fingerprint density at radius 3 is 2.59 bits per heavy atom. The molecule has 0 saturated carbocycles. The Hall–Kier alpha value is -2.80. The number of nitrogens with one attached hydrogen (secondary N) is 2. The zero-order chi connectivity index (χ0) is 19.6. The van der Waals surface area contributed by atoms with Gasteiger partial charge in [0.05, 0.1) is 16.5 Å². The predicted octanol–water partition coefficient (Wildman–Crippen LogP) is 3.53. The van der Waals surface area contributed by atoms with Crippen molar-refractivity contribution in [1.29, 1.82) is 0 Å². The Labute approximate surface area is 161 Å². The molecule has 0 fully saturated rings. The van der Waals surface area contributed by atoms with E-state index in [1.165, 1.54) is 11.8 Å². The van der Waals surface area contributed by atoms with Gasteiger partial charge in [0.25, 0.3) is 5.91 Å². The van der Waals surface area contributed by atoms with E-state index in [0.29, 0.717) is 5.69 Å². The van der Waals surface area contributed by atoms with Crippen LogP contribution in [0.5, 0.6) is 0 Å². The monoisotopic (exact) mass is 384 g/mol. The fraction of sp³-hybridized carbons (Fsp3) is 0.250. The summed E-state index contributed by atoms with van der Waals surface area (Å²) in [5.41, 5.74) is 3.46. The first-order valence-corrected chi connectivity index (χ1v) is 9.38. The second-order valence-corrected chi connectivity index (χ2v) is 7.73. The molecule has 1 atom stereocenters. The topological polar surface area (TPSA) is 84.5 Å². The number of rotatable bonds is 4. The predicted molar refractivity (Wildman–Crippen MR) is 105 cm³/mol. The summed E-state index contributed by atoms with van der Waals surface area (Å²) in [5.74, 6) is -1.13. The second kappa shape index (κ2) is 7.84. The van der Waals surface area contributed by atoms with Gasteiger partial charge in [0.2, 0.25) is 5.91 Å². The number of carbonyl (C=O) groups is 3. The molecule has 2 N–H and O–H groups in total. The molecule has 3 rings (SSSR count). The number of para-hydroxylation sites is 1. The lowest BCUT2D eigenvalue weighted by molar-refractivity contribution is -0.119. The Morgan fingerprint density at radius 2 is 1.89 bits per heavy atom. The van der Waals surface area contributed by atoms with Crippen LogP contribution in [0.1, 0.15) is 28.4 Å². The SMILES string of the molecule is Cc1cccc(C)c1NC(=O)COC(=O)c1ccc2c(c1)NC(=O)[C@@H](C)S2. The third kappa shape index (κ3) is 4.31. The molecule has 2 amide bonds. The average molecular weight is 384 g/mol. The van der Waals surface area contributed by atoms with E-state index in [9.17, 15) is 14.4 Å². The molecule has 2 aromatic rings. The van der Waals surface area contributed by atoms with Crippen LogP contribution < -0.4 is 10.6 Å². The molecule has 1 aliphatic heterocycles. The van der Waals surface area contributed by atoms with Gasteiger partial charge in [-0.25, -0.2) is 4.79 Å². The molecule has 0 saturated heterocycles. The highest BCUT2D eigenvalue weighted by Crippen LogP contribution is 2.36. The molecule has 2 aromatic carbocycles. The summed E-state index contributed by atoms with van der Waals surface area (Å²) < 4.78 is 5.11. The summed E-state index contributed by atoms with van der Waals surface area (Å²) in [6.45, 7) is 5.23. The maximum absolute atomic E-state index is 12.2. The van der Waals surface area contributed by atoms with Gasteiger partial charge in [-0.05, 0) is 50.1 Å². The minimum absolute atomic E-state index is 0.106. The van der Waals surface area contributed by atoms with Crippen LogP contribution in [0.2, 0.25) is 0 Å². The normalized spacial score (nSPS) is 15.5. The molecule has 6 nitrogen and oxygen atoms in total. The molecule has 1 aliphatic rings. The maximum atomic E-state index is 12.2. The van der Waals surface area contributed by atoms with Gasteiger partial charge in [-0.2, -0.15) is 0 Å². The quantitative estimate of drug-likeness (QED) is 0.788. The molecule has 27 heavy (non-hydrogen) atoms. The highest BCUT2D eigenvalue weighted by molar-refractivity contribution is 8.00. The third-order valence-corrected chi connectivity index (χ3v) is 5.40. The number of hydrogen-bond donors (Lipinski definition) is 2. The fourth-order valence-corrected chi connectivity index (χ4v) is 3.67. The Bertz CT molecular complexity index is 906. The summed E-state index contributed by atoms with van der Waals surface area (Å²) in [6, 6.07) is 10.7. The van der Waals surface area contributed by atoms with Crippen LogP contribution in [0.3, 0.4) is 0 Å². The van der Waals surface area contributed by atoms with Gasteiger partial charge in [0.1, 0.15) is 0 Å². The fourth-order valence-electron chi connectivity index (χ4n) is 2.74. The number of anilines is 2. The number of amides is 2. The summed E-state index contributed by atoms with van der Waals surface area (Å²) in [4.78, 5) is 37.0. The van der Waals surface area contributed by atoms with Gasteiger partial charge < -0.3 is 15.4 Å². The molecule has 140 valence electrons. The van der Waals surface area contributed by atoms with Crippen LogP contribution in [-0.4, -0.2) is 29.6 Å². The molecule has 0 bridgehead atoms. The first kappa shape index (κ1) is 19.0. The molecule has 7 heteroatoms. The van der Waals surface area contributed by atoms with Gasteiger partial charge in [-0.1, -0.05) is 18.2 Å². The lowest BCUT2D eigenvalue weighted by Crippen LogP contribution is -2.26. The van der Waals surface area contributed by atoms with E-state index in [1.54, 1.807) is 18.2 Å². The van der Waals surface area contributed by atoms with Crippen molar-refractivity contribution in [3.05, 3.63) is 53.1 Å². The summed E-state index contributed by atoms with van der Waals surface area (Å²) in [7, 11) is 0. The number of thioether (sulfide) groups is 1. The maximum Gasteiger partial charge on any atom is 0.338 e. The van der Waals surface area contributed by atoms with E-state index in [0.717, 1.165) is 21.7 Å². The Kier molecular flexibility index (Phi) is 5.51. The van der Waals surface area contributed by atoms with Crippen molar-refractivity contribution >= 4 is 40.9 Å². The number of esters is 1. The minimum atomic E-state index is -0.618. The van der Waals surface area contributed by atoms with Crippen LogP contribution in [0.25, 0.3) is 0 Å². The summed E-state index contributed by atoms with van der Waals surface area (Å²) in [5, 5.41) is 5.36. The van der Waals surface area contributed by atoms with Crippen LogP contribution in [0, 0.1) is 13.8 Å². The molecule has 0 spiro atoms. The third-order valence-electron chi connectivity index (χ3n) is 4.23. The van der Waals surface area contributed by atoms with E-state index in [1.807, 2.05) is 39.0 Å². The van der Waals surface area contributed by atoms with Gasteiger partial charge in [0.15, 0.2) is 6.61 Å². The second-order valence-electron chi connectivity index (χ2n) is 6.35. The summed E-state index contributed by atoms with van der Waals surface area (Å²) in [6.07, 6.45) is 0. The van der Waals surface area contributed by atoms with Crippen LogP contribution in [0.15, 0.2) is 41.3 Å². The van der Waals surface area contributed by atoms with E-state index < -0.39 is 11.9 Å². The van der Waals surface area contributed by atoms with Crippen molar-refractivity contribution in [2.24, 2.45) is 0 Å². The highest BCUT2D eigenvalue weighted by Gasteiger charge is 2.24. The molecule has 0 unspecified atom stereocenters. The number of fused-ring (bicyclic) bond motifs is 1. The first-order valence-electron chi connectivity index (χ1n) is 8.50. The molecule has 0 radical (unpaired) electrons. The van der Waals surface area contributed by atoms with Crippen molar-refractivity contribution in [2.75, 3.05) is 17.2 Å². The van der Waals surface area contributed by atoms with Gasteiger partial charge >= 0.3 is 5.97 Å². The van der Waals surface area contributed by atoms with E-state index in [4.69, 9.17) is 4.74 Å². The number of aryl methyl sites for hydroxylation is 2. The number of benzene rings is 2. The zero-order valence-corrected chi connectivity index (χ0v) is 16.1. The molecule has 0 aliphatic carbocycles. The lowest BCUT2D eigenvalue weighted by Gasteiger charge is -2.21. The minimum Gasteiger partial charge on any atom is -0.452 e. The Morgan fingerprint density at radius 1 is 1.19 bits per heavy atom. The van der Waals surface area contributed by atoms with E-state index in [-0.39, 0.29) is 23.3 Å². The van der Waals surface area contributed by atoms with Crippen molar-refractivity contribution < 1.29 is 19.1 Å². The summed E-state index contributed by atoms with van der Waals surface area (Å²) >= 11 is 1.43. The van der Waals surface area contributed by atoms with Gasteiger partial charge in [-0.3, -0.25) is 9.59 Å². The molecular formula is C20H20N2O4S. The van der Waals surface area contributed by atoms with Gasteiger partial charge in [0, 0.05) is 10.6 Å². The van der Waals surface area contributed by atoms with E-state index in [2.05, 4.69) is 10.6 Å². The van der Waals surface area contributed by atoms with Crippen LogP contribution in [-0.2, 0) is 14.3 Å². The van der Waals surface area contributed by atoms with Gasteiger partial charge in [-0.15, -0.1) is 11.8 Å². The average Bonchev–Trinajstić information content (AvgIpc) is 2.63. The van der Waals surface area contributed by atoms with Crippen LogP contribution >= 0.6 is 11.8 Å². The first-order chi connectivity index (χ1) is 12.8. The Balaban J connectivity index is 1.62. The smallest absolute Gasteiger partial charge is 0.338 e. The molecular weight excluding hydrogens is 364 g/mol. The van der Waals surface area contributed by atoms with Crippen LogP contribution in [0.4, 0.5) is 11.4 Å². The number of hydrogen-bond acceptors (Lipinski definition) is 5. The zero-order valence-electron chi connectivity index (χ0n) is 15.3. The lowest BCUT2D eigenvalue weighted by atomic mass is 10.1.